The Bertz CT molecular complexity index is 166. The highest BCUT2D eigenvalue weighted by molar-refractivity contribution is 5.79. The zero-order valence-corrected chi connectivity index (χ0v) is 8.25. The third-order valence-corrected chi connectivity index (χ3v) is 2.62. The van der Waals surface area contributed by atoms with E-state index in [0.717, 1.165) is 13.0 Å². The van der Waals surface area contributed by atoms with Crippen LogP contribution in [0.1, 0.15) is 19.3 Å². The van der Waals surface area contributed by atoms with Gasteiger partial charge in [0.15, 0.2) is 0 Å². The highest BCUT2D eigenvalue weighted by Crippen LogP contribution is 2.08. The molecule has 0 radical (unpaired) electrons. The molecule has 1 fully saturated rings. The molecule has 0 spiro atoms. The summed E-state index contributed by atoms with van der Waals surface area (Å²) in [5.41, 5.74) is 5.21. The van der Waals surface area contributed by atoms with Crippen LogP contribution in [0.5, 0.6) is 0 Å². The molecule has 1 aliphatic heterocycles. The number of primary amides is 1. The Morgan fingerprint density at radius 3 is 2.62 bits per heavy atom. The summed E-state index contributed by atoms with van der Waals surface area (Å²) in [5.74, 6) is -0.248. The smallest absolute Gasteiger partial charge is 0.234 e. The fourth-order valence-electron chi connectivity index (χ4n) is 1.75. The zero-order valence-electron chi connectivity index (χ0n) is 8.25. The molecule has 1 heterocycles. The number of nitrogens with two attached hydrogens (primary N) is 1. The normalized spacial score (nSPS) is 20.4. The molecular formula is C9H19N3O. The Morgan fingerprint density at radius 1 is 1.54 bits per heavy atom. The third-order valence-electron chi connectivity index (χ3n) is 2.62. The predicted molar refractivity (Wildman–Crippen MR) is 52.3 cm³/mol. The van der Waals surface area contributed by atoms with Crippen LogP contribution in [0.2, 0.25) is 0 Å². The van der Waals surface area contributed by atoms with Crippen molar-refractivity contribution in [1.29, 1.82) is 0 Å². The summed E-state index contributed by atoms with van der Waals surface area (Å²) in [4.78, 5) is 13.3. The average Bonchev–Trinajstić information content (AvgIpc) is 2.57. The van der Waals surface area contributed by atoms with Crippen molar-refractivity contribution in [2.75, 3.05) is 26.7 Å². The van der Waals surface area contributed by atoms with Gasteiger partial charge in [-0.15, -0.1) is 0 Å². The number of likely N-dealkylation sites (N-methyl/N-ethyl adjacent to an activating group) is 1. The van der Waals surface area contributed by atoms with Gasteiger partial charge in [-0.05, 0) is 39.4 Å². The summed E-state index contributed by atoms with van der Waals surface area (Å²) in [6.45, 7) is 3.33. The van der Waals surface area contributed by atoms with E-state index in [1.165, 1.54) is 25.9 Å². The number of nitrogens with zero attached hydrogens (tertiary/aromatic N) is 1. The van der Waals surface area contributed by atoms with E-state index in [1.807, 2.05) is 0 Å². The van der Waals surface area contributed by atoms with Gasteiger partial charge in [0.05, 0.1) is 6.04 Å². The van der Waals surface area contributed by atoms with Crippen molar-refractivity contribution in [2.45, 2.75) is 25.3 Å². The first-order valence-electron chi connectivity index (χ1n) is 4.93. The molecule has 0 aromatic heterocycles. The highest BCUT2D eigenvalue weighted by Gasteiger charge is 2.16. The van der Waals surface area contributed by atoms with Gasteiger partial charge in [-0.3, -0.25) is 4.79 Å². The standard InChI is InChI=1S/C9H19N3O/c1-11-8(9(10)13)4-7-12-5-2-3-6-12/h8,11H,2-7H2,1H3,(H2,10,13). The Labute approximate surface area is 79.5 Å². The summed E-state index contributed by atoms with van der Waals surface area (Å²) in [6, 6.07) is -0.166. The zero-order chi connectivity index (χ0) is 9.68. The maximum atomic E-state index is 10.9. The fraction of sp³-hybridized carbons (Fsp3) is 0.889. The van der Waals surface area contributed by atoms with Crippen LogP contribution in [0, 0.1) is 0 Å². The Balaban J connectivity index is 2.18. The van der Waals surface area contributed by atoms with Gasteiger partial charge in [-0.2, -0.15) is 0 Å². The molecule has 1 aliphatic rings. The lowest BCUT2D eigenvalue weighted by atomic mass is 10.2. The second-order valence-electron chi connectivity index (χ2n) is 3.58. The van der Waals surface area contributed by atoms with E-state index in [9.17, 15) is 4.79 Å². The molecule has 0 aromatic rings. The van der Waals surface area contributed by atoms with E-state index in [0.29, 0.717) is 0 Å². The summed E-state index contributed by atoms with van der Waals surface area (Å²) in [5, 5.41) is 2.92. The molecule has 1 saturated heterocycles. The van der Waals surface area contributed by atoms with E-state index >= 15 is 0 Å². The van der Waals surface area contributed by atoms with Gasteiger partial charge in [-0.25, -0.2) is 0 Å². The van der Waals surface area contributed by atoms with Crippen molar-refractivity contribution in [3.63, 3.8) is 0 Å². The van der Waals surface area contributed by atoms with Crippen molar-refractivity contribution < 1.29 is 4.79 Å². The van der Waals surface area contributed by atoms with Crippen LogP contribution in [0.15, 0.2) is 0 Å². The quantitative estimate of drug-likeness (QED) is 0.609. The molecule has 0 aliphatic carbocycles. The van der Waals surface area contributed by atoms with E-state index in [1.54, 1.807) is 7.05 Å². The third kappa shape index (κ3) is 3.32. The molecule has 1 amide bonds. The minimum absolute atomic E-state index is 0.166. The Kier molecular flexibility index (Phi) is 4.18. The van der Waals surface area contributed by atoms with E-state index in [4.69, 9.17) is 5.73 Å². The van der Waals surface area contributed by atoms with Crippen LogP contribution in [-0.4, -0.2) is 43.5 Å². The number of likely N-dealkylation sites (tertiary alicyclic amines) is 1. The molecule has 4 nitrogen and oxygen atoms in total. The predicted octanol–water partition coefficient (Wildman–Crippen LogP) is -0.454. The lowest BCUT2D eigenvalue weighted by Gasteiger charge is -2.18. The number of hydrogen-bond donors (Lipinski definition) is 2. The van der Waals surface area contributed by atoms with E-state index < -0.39 is 0 Å². The molecule has 4 heteroatoms. The molecule has 3 N–H and O–H groups in total. The van der Waals surface area contributed by atoms with Crippen LogP contribution >= 0.6 is 0 Å². The lowest BCUT2D eigenvalue weighted by Crippen LogP contribution is -2.41. The molecule has 1 rings (SSSR count). The van der Waals surface area contributed by atoms with Gasteiger partial charge in [0.1, 0.15) is 0 Å². The first-order chi connectivity index (χ1) is 6.24. The SMILES string of the molecule is CNC(CCN1CCCC1)C(N)=O. The van der Waals surface area contributed by atoms with Gasteiger partial charge in [0.25, 0.3) is 0 Å². The van der Waals surface area contributed by atoms with Gasteiger partial charge in [-0.1, -0.05) is 0 Å². The molecule has 76 valence electrons. The number of carbonyl (C=O) groups excluding carboxylic acids is 1. The van der Waals surface area contributed by atoms with Crippen molar-refractivity contribution >= 4 is 5.91 Å². The minimum Gasteiger partial charge on any atom is -0.368 e. The molecule has 1 atom stereocenters. The first-order valence-corrected chi connectivity index (χ1v) is 4.93. The Morgan fingerprint density at radius 2 is 2.15 bits per heavy atom. The molecule has 0 saturated carbocycles. The second-order valence-corrected chi connectivity index (χ2v) is 3.58. The first kappa shape index (κ1) is 10.5. The van der Waals surface area contributed by atoms with Crippen LogP contribution in [0.25, 0.3) is 0 Å². The van der Waals surface area contributed by atoms with Gasteiger partial charge >= 0.3 is 0 Å². The Hall–Kier alpha value is -0.610. The molecule has 0 bridgehead atoms. The van der Waals surface area contributed by atoms with Crippen LogP contribution in [0.3, 0.4) is 0 Å². The van der Waals surface area contributed by atoms with Crippen LogP contribution in [-0.2, 0) is 4.79 Å². The van der Waals surface area contributed by atoms with Gasteiger partial charge in [0, 0.05) is 6.54 Å². The van der Waals surface area contributed by atoms with Crippen molar-refractivity contribution in [3.05, 3.63) is 0 Å². The summed E-state index contributed by atoms with van der Waals surface area (Å²) >= 11 is 0. The summed E-state index contributed by atoms with van der Waals surface area (Å²) in [7, 11) is 1.78. The van der Waals surface area contributed by atoms with Gasteiger partial charge < -0.3 is 16.0 Å². The molecule has 13 heavy (non-hydrogen) atoms. The molecular weight excluding hydrogens is 166 g/mol. The van der Waals surface area contributed by atoms with Crippen molar-refractivity contribution in [2.24, 2.45) is 5.73 Å². The number of amides is 1. The monoisotopic (exact) mass is 185 g/mol. The van der Waals surface area contributed by atoms with Gasteiger partial charge in [0.2, 0.25) is 5.91 Å². The molecule has 1 unspecified atom stereocenters. The van der Waals surface area contributed by atoms with Crippen molar-refractivity contribution in [1.82, 2.24) is 10.2 Å². The topological polar surface area (TPSA) is 58.4 Å². The lowest BCUT2D eigenvalue weighted by molar-refractivity contribution is -0.120. The number of rotatable bonds is 5. The number of carbonyl (C=O) groups is 1. The van der Waals surface area contributed by atoms with E-state index in [2.05, 4.69) is 10.2 Å². The minimum atomic E-state index is -0.248. The van der Waals surface area contributed by atoms with Crippen LogP contribution < -0.4 is 11.1 Å². The van der Waals surface area contributed by atoms with Crippen molar-refractivity contribution in [3.8, 4) is 0 Å². The maximum Gasteiger partial charge on any atom is 0.234 e. The summed E-state index contributed by atoms with van der Waals surface area (Å²) in [6.07, 6.45) is 3.41. The number of hydrogen-bond acceptors (Lipinski definition) is 3. The highest BCUT2D eigenvalue weighted by atomic mass is 16.1. The largest absolute Gasteiger partial charge is 0.368 e. The summed E-state index contributed by atoms with van der Waals surface area (Å²) < 4.78 is 0. The molecule has 0 aromatic carbocycles. The number of nitrogens with one attached hydrogen (secondary N) is 1. The second kappa shape index (κ2) is 5.19. The maximum absolute atomic E-state index is 10.9. The van der Waals surface area contributed by atoms with Crippen LogP contribution in [0.4, 0.5) is 0 Å². The average molecular weight is 185 g/mol. The fourth-order valence-corrected chi connectivity index (χ4v) is 1.75. The van der Waals surface area contributed by atoms with E-state index in [-0.39, 0.29) is 11.9 Å².